The van der Waals surface area contributed by atoms with E-state index in [1.165, 1.54) is 89.9 Å². The number of ether oxygens (including phenoxy) is 2. The Kier molecular flexibility index (Phi) is 33.6. The monoisotopic (exact) mass is 617 g/mol. The van der Waals surface area contributed by atoms with Crippen LogP contribution in [-0.4, -0.2) is 36.4 Å². The molecule has 0 aromatic heterocycles. The Hall–Kier alpha value is -2.14. The van der Waals surface area contributed by atoms with E-state index in [0.717, 1.165) is 51.4 Å². The summed E-state index contributed by atoms with van der Waals surface area (Å²) in [5, 5.41) is 9.52. The summed E-state index contributed by atoms with van der Waals surface area (Å²) in [4.78, 5) is 24.1. The smallest absolute Gasteiger partial charge is 0.306 e. The lowest BCUT2D eigenvalue weighted by molar-refractivity contribution is -0.161. The van der Waals surface area contributed by atoms with Crippen LogP contribution in [0.15, 0.2) is 48.6 Å². The molecule has 0 aromatic carbocycles. The summed E-state index contributed by atoms with van der Waals surface area (Å²) in [7, 11) is 0. The zero-order chi connectivity index (χ0) is 32.2. The van der Waals surface area contributed by atoms with Crippen molar-refractivity contribution in [2.24, 2.45) is 0 Å². The van der Waals surface area contributed by atoms with Crippen molar-refractivity contribution >= 4 is 11.9 Å². The minimum absolute atomic E-state index is 0.0838. The molecule has 0 saturated carbocycles. The first-order valence-electron chi connectivity index (χ1n) is 18.2. The summed E-state index contributed by atoms with van der Waals surface area (Å²) in [6, 6.07) is 0. The fourth-order valence-electron chi connectivity index (χ4n) is 4.85. The van der Waals surface area contributed by atoms with E-state index in [1.54, 1.807) is 0 Å². The zero-order valence-corrected chi connectivity index (χ0v) is 28.7. The summed E-state index contributed by atoms with van der Waals surface area (Å²) >= 11 is 0. The van der Waals surface area contributed by atoms with Gasteiger partial charge < -0.3 is 14.6 Å². The topological polar surface area (TPSA) is 72.8 Å². The Morgan fingerprint density at radius 3 is 1.64 bits per heavy atom. The average Bonchev–Trinajstić information content (AvgIpc) is 3.02. The summed E-state index contributed by atoms with van der Waals surface area (Å²) in [5.74, 6) is -0.646. The maximum Gasteiger partial charge on any atom is 0.306 e. The Bertz CT molecular complexity index is 752. The van der Waals surface area contributed by atoms with E-state index in [0.29, 0.717) is 12.8 Å². The third-order valence-corrected chi connectivity index (χ3v) is 7.65. The number of allylic oxidation sites excluding steroid dienone is 8. The fourth-order valence-corrected chi connectivity index (χ4v) is 4.85. The van der Waals surface area contributed by atoms with Crippen LogP contribution in [0.25, 0.3) is 0 Å². The van der Waals surface area contributed by atoms with E-state index >= 15 is 0 Å². The molecule has 0 saturated heterocycles. The predicted molar refractivity (Wildman–Crippen MR) is 187 cm³/mol. The van der Waals surface area contributed by atoms with E-state index in [1.807, 2.05) is 6.08 Å². The van der Waals surface area contributed by atoms with Crippen molar-refractivity contribution in [3.05, 3.63) is 48.6 Å². The van der Waals surface area contributed by atoms with Crippen LogP contribution in [0.3, 0.4) is 0 Å². The summed E-state index contributed by atoms with van der Waals surface area (Å²) in [5.41, 5.74) is 0. The van der Waals surface area contributed by atoms with Gasteiger partial charge in [0.25, 0.3) is 0 Å². The first-order chi connectivity index (χ1) is 21.6. The van der Waals surface area contributed by atoms with Crippen molar-refractivity contribution in [1.82, 2.24) is 0 Å². The molecule has 0 rings (SSSR count). The fraction of sp³-hybridized carbons (Fsp3) is 0.744. The number of aliphatic hydroxyl groups is 1. The second-order valence-corrected chi connectivity index (χ2v) is 12.0. The first kappa shape index (κ1) is 41.9. The van der Waals surface area contributed by atoms with Gasteiger partial charge in [0.05, 0.1) is 6.61 Å². The zero-order valence-electron chi connectivity index (χ0n) is 28.7. The molecule has 0 aliphatic rings. The highest BCUT2D eigenvalue weighted by Crippen LogP contribution is 2.13. The van der Waals surface area contributed by atoms with Gasteiger partial charge in [-0.2, -0.15) is 0 Å². The highest BCUT2D eigenvalue weighted by atomic mass is 16.6. The molecule has 5 nitrogen and oxygen atoms in total. The molecule has 0 aliphatic carbocycles. The van der Waals surface area contributed by atoms with Crippen LogP contribution in [0.4, 0.5) is 0 Å². The molecule has 5 heteroatoms. The molecular weight excluding hydrogens is 548 g/mol. The maximum atomic E-state index is 12.1. The quantitative estimate of drug-likeness (QED) is 0.0352. The van der Waals surface area contributed by atoms with Crippen molar-refractivity contribution in [1.29, 1.82) is 0 Å². The van der Waals surface area contributed by atoms with Crippen molar-refractivity contribution in [2.45, 2.75) is 174 Å². The molecule has 0 amide bonds. The number of carbonyl (C=O) groups is 2. The normalized spacial score (nSPS) is 12.7. The Balaban J connectivity index is 3.68. The van der Waals surface area contributed by atoms with Crippen LogP contribution in [0, 0.1) is 0 Å². The molecule has 0 spiro atoms. The lowest BCUT2D eigenvalue weighted by Gasteiger charge is -2.15. The second-order valence-electron chi connectivity index (χ2n) is 12.0. The van der Waals surface area contributed by atoms with Gasteiger partial charge in [-0.1, -0.05) is 152 Å². The van der Waals surface area contributed by atoms with Gasteiger partial charge >= 0.3 is 11.9 Å². The molecule has 44 heavy (non-hydrogen) atoms. The van der Waals surface area contributed by atoms with Gasteiger partial charge in [0, 0.05) is 12.8 Å². The number of unbranched alkanes of at least 4 members (excludes halogenated alkanes) is 17. The highest BCUT2D eigenvalue weighted by molar-refractivity contribution is 5.70. The predicted octanol–water partition coefficient (Wildman–Crippen LogP) is 11.1. The van der Waals surface area contributed by atoms with E-state index in [2.05, 4.69) is 56.4 Å². The summed E-state index contributed by atoms with van der Waals surface area (Å²) in [6.07, 6.45) is 43.1. The molecule has 0 bridgehead atoms. The molecule has 0 aliphatic heterocycles. The minimum atomic E-state index is -0.793. The maximum absolute atomic E-state index is 12.1. The second kappa shape index (κ2) is 35.3. The van der Waals surface area contributed by atoms with Gasteiger partial charge in [0.2, 0.25) is 0 Å². The van der Waals surface area contributed by atoms with Gasteiger partial charge in [0.1, 0.15) is 6.61 Å². The number of rotatable bonds is 32. The van der Waals surface area contributed by atoms with Gasteiger partial charge in [-0.25, -0.2) is 0 Å². The first-order valence-corrected chi connectivity index (χ1v) is 18.2. The van der Waals surface area contributed by atoms with E-state index in [9.17, 15) is 14.7 Å². The number of carbonyl (C=O) groups excluding carboxylic acids is 2. The highest BCUT2D eigenvalue weighted by Gasteiger charge is 2.16. The van der Waals surface area contributed by atoms with Crippen LogP contribution in [0.5, 0.6) is 0 Å². The van der Waals surface area contributed by atoms with E-state index in [4.69, 9.17) is 9.47 Å². The molecule has 0 unspecified atom stereocenters. The van der Waals surface area contributed by atoms with Crippen molar-refractivity contribution < 1.29 is 24.2 Å². The Morgan fingerprint density at radius 1 is 0.545 bits per heavy atom. The summed E-state index contributed by atoms with van der Waals surface area (Å²) < 4.78 is 10.5. The number of esters is 2. The standard InChI is InChI=1S/C39H68O5/c1-3-5-7-9-11-13-15-17-18-19-20-22-24-26-28-30-32-34-39(42)44-37(35-40)36-43-38(41)33-31-29-27-25-23-21-16-14-12-10-8-6-4-2/h11,13,17-18,20,22,24,26,37,40H,3-10,12,14-16,19,21,23,25,27-36H2,1-2H3/b13-11-,18-17-,22-20-,26-24-/t37-/m1/s1. The molecule has 0 fully saturated rings. The molecular formula is C39H68O5. The van der Waals surface area contributed by atoms with Crippen LogP contribution in [0.1, 0.15) is 168 Å². The van der Waals surface area contributed by atoms with E-state index < -0.39 is 6.10 Å². The van der Waals surface area contributed by atoms with Gasteiger partial charge in [-0.05, 0) is 51.4 Å². The Labute approximate surface area is 271 Å². The number of aliphatic hydroxyl groups excluding tert-OH is 1. The molecule has 1 atom stereocenters. The lowest BCUT2D eigenvalue weighted by Crippen LogP contribution is -2.28. The van der Waals surface area contributed by atoms with Gasteiger partial charge in [-0.15, -0.1) is 0 Å². The van der Waals surface area contributed by atoms with Crippen LogP contribution in [-0.2, 0) is 19.1 Å². The molecule has 0 radical (unpaired) electrons. The van der Waals surface area contributed by atoms with Crippen LogP contribution < -0.4 is 0 Å². The molecule has 254 valence electrons. The molecule has 0 aromatic rings. The van der Waals surface area contributed by atoms with Crippen molar-refractivity contribution in [2.75, 3.05) is 13.2 Å². The summed E-state index contributed by atoms with van der Waals surface area (Å²) in [6.45, 7) is 4.05. The van der Waals surface area contributed by atoms with Crippen molar-refractivity contribution in [3.8, 4) is 0 Å². The third-order valence-electron chi connectivity index (χ3n) is 7.65. The number of hydrogen-bond donors (Lipinski definition) is 1. The Morgan fingerprint density at radius 2 is 1.00 bits per heavy atom. The van der Waals surface area contributed by atoms with Crippen molar-refractivity contribution in [3.63, 3.8) is 0 Å². The molecule has 0 heterocycles. The average molecular weight is 617 g/mol. The van der Waals surface area contributed by atoms with Crippen LogP contribution >= 0.6 is 0 Å². The van der Waals surface area contributed by atoms with Gasteiger partial charge in [0.15, 0.2) is 6.10 Å². The molecule has 1 N–H and O–H groups in total. The largest absolute Gasteiger partial charge is 0.462 e. The number of hydrogen-bond acceptors (Lipinski definition) is 5. The lowest BCUT2D eigenvalue weighted by atomic mass is 10.0. The van der Waals surface area contributed by atoms with Crippen LogP contribution in [0.2, 0.25) is 0 Å². The van der Waals surface area contributed by atoms with E-state index in [-0.39, 0.29) is 25.2 Å². The third kappa shape index (κ3) is 32.8. The minimum Gasteiger partial charge on any atom is -0.462 e. The SMILES string of the molecule is CCCCC/C=C\C/C=C\C/C=C\C=C/CCCCC(=O)O[C@H](CO)COC(=O)CCCCCCCCCCCCCCC. The van der Waals surface area contributed by atoms with Gasteiger partial charge in [-0.3, -0.25) is 9.59 Å².